The molecule has 2 heterocycles. The summed E-state index contributed by atoms with van der Waals surface area (Å²) in [6.07, 6.45) is 2.03. The fourth-order valence-corrected chi connectivity index (χ4v) is 3.89. The molecule has 1 aromatic heterocycles. The van der Waals surface area contributed by atoms with E-state index >= 15 is 0 Å². The zero-order valence-corrected chi connectivity index (χ0v) is 15.9. The molecular weight excluding hydrogens is 314 g/mol. The first kappa shape index (κ1) is 17.2. The molecule has 1 fully saturated rings. The standard InChI is InChI=1S/C20H27N3S/c1-14(2)22(5)11-16-6-8-17(9-7-16)19-10-21-20(24-19)18-12-23(13-18)15(3)4/h6-10,15,18H,1,11-13H2,2-5H3. The molecular formula is C20H27N3S. The largest absolute Gasteiger partial charge is 0.374 e. The highest BCUT2D eigenvalue weighted by atomic mass is 32.1. The maximum atomic E-state index is 4.67. The monoisotopic (exact) mass is 341 g/mol. The Hall–Kier alpha value is -1.65. The summed E-state index contributed by atoms with van der Waals surface area (Å²) in [5, 5.41) is 1.29. The normalized spacial score (nSPS) is 15.5. The molecule has 0 unspecified atom stereocenters. The van der Waals surface area contributed by atoms with Gasteiger partial charge in [0, 0.05) is 50.5 Å². The highest BCUT2D eigenvalue weighted by Gasteiger charge is 2.31. The third kappa shape index (κ3) is 3.70. The molecule has 0 bridgehead atoms. The van der Waals surface area contributed by atoms with Crippen molar-refractivity contribution < 1.29 is 0 Å². The van der Waals surface area contributed by atoms with Gasteiger partial charge in [0.2, 0.25) is 0 Å². The zero-order valence-electron chi connectivity index (χ0n) is 15.1. The first-order valence-corrected chi connectivity index (χ1v) is 9.41. The summed E-state index contributed by atoms with van der Waals surface area (Å²) in [7, 11) is 2.07. The van der Waals surface area contributed by atoms with Gasteiger partial charge in [-0.2, -0.15) is 0 Å². The molecule has 128 valence electrons. The summed E-state index contributed by atoms with van der Waals surface area (Å²) < 4.78 is 0. The minimum absolute atomic E-state index is 0.620. The van der Waals surface area contributed by atoms with Crippen LogP contribution in [0.3, 0.4) is 0 Å². The van der Waals surface area contributed by atoms with Crippen LogP contribution in [0.25, 0.3) is 10.4 Å². The van der Waals surface area contributed by atoms with E-state index in [0.29, 0.717) is 12.0 Å². The van der Waals surface area contributed by atoms with E-state index in [0.717, 1.165) is 25.3 Å². The Morgan fingerprint density at radius 3 is 2.58 bits per heavy atom. The molecule has 0 N–H and O–H groups in total. The Kier molecular flexibility index (Phi) is 5.07. The molecule has 0 atom stereocenters. The zero-order chi connectivity index (χ0) is 17.3. The van der Waals surface area contributed by atoms with Crippen molar-refractivity contribution in [3.8, 4) is 10.4 Å². The van der Waals surface area contributed by atoms with Gasteiger partial charge in [0.1, 0.15) is 0 Å². The Bertz CT molecular complexity index is 696. The molecule has 2 aromatic rings. The van der Waals surface area contributed by atoms with Crippen LogP contribution in [-0.4, -0.2) is 41.0 Å². The molecule has 1 aromatic carbocycles. The van der Waals surface area contributed by atoms with Gasteiger partial charge in [-0.3, -0.25) is 4.90 Å². The van der Waals surface area contributed by atoms with Crippen LogP contribution < -0.4 is 0 Å². The minimum Gasteiger partial charge on any atom is -0.374 e. The molecule has 3 rings (SSSR count). The van der Waals surface area contributed by atoms with Crippen LogP contribution in [0.15, 0.2) is 42.7 Å². The van der Waals surface area contributed by atoms with Gasteiger partial charge in [-0.05, 0) is 31.9 Å². The van der Waals surface area contributed by atoms with Gasteiger partial charge in [-0.1, -0.05) is 30.8 Å². The van der Waals surface area contributed by atoms with Gasteiger partial charge in [0.15, 0.2) is 0 Å². The van der Waals surface area contributed by atoms with Crippen LogP contribution in [0, 0.1) is 0 Å². The number of allylic oxidation sites excluding steroid dienone is 1. The lowest BCUT2D eigenvalue weighted by atomic mass is 9.99. The van der Waals surface area contributed by atoms with Crippen molar-refractivity contribution in [2.45, 2.75) is 39.3 Å². The Morgan fingerprint density at radius 2 is 2.00 bits per heavy atom. The lowest BCUT2D eigenvalue weighted by Gasteiger charge is -2.41. The maximum absolute atomic E-state index is 4.67. The number of hydrogen-bond donors (Lipinski definition) is 0. The molecule has 0 radical (unpaired) electrons. The minimum atomic E-state index is 0.620. The van der Waals surface area contributed by atoms with Crippen molar-refractivity contribution in [3.05, 3.63) is 53.3 Å². The molecule has 0 spiro atoms. The molecule has 0 saturated carbocycles. The molecule has 1 aliphatic rings. The van der Waals surface area contributed by atoms with Crippen molar-refractivity contribution in [1.29, 1.82) is 0 Å². The highest BCUT2D eigenvalue weighted by Crippen LogP contribution is 2.35. The summed E-state index contributed by atoms with van der Waals surface area (Å²) in [5.41, 5.74) is 3.66. The van der Waals surface area contributed by atoms with Crippen molar-refractivity contribution in [2.24, 2.45) is 0 Å². The summed E-state index contributed by atoms with van der Waals surface area (Å²) in [4.78, 5) is 10.6. The van der Waals surface area contributed by atoms with Crippen LogP contribution in [0.2, 0.25) is 0 Å². The van der Waals surface area contributed by atoms with Gasteiger partial charge in [-0.25, -0.2) is 4.98 Å². The first-order chi connectivity index (χ1) is 11.4. The van der Waals surface area contributed by atoms with Gasteiger partial charge in [0.05, 0.1) is 9.88 Å². The van der Waals surface area contributed by atoms with E-state index in [-0.39, 0.29) is 0 Å². The summed E-state index contributed by atoms with van der Waals surface area (Å²) in [6.45, 7) is 13.7. The molecule has 3 nitrogen and oxygen atoms in total. The third-order valence-electron chi connectivity index (χ3n) is 4.82. The molecule has 4 heteroatoms. The second-order valence-electron chi connectivity index (χ2n) is 7.10. The van der Waals surface area contributed by atoms with Gasteiger partial charge in [-0.15, -0.1) is 11.3 Å². The van der Waals surface area contributed by atoms with E-state index in [1.807, 2.05) is 24.5 Å². The lowest BCUT2D eigenvalue weighted by molar-refractivity contribution is 0.110. The lowest BCUT2D eigenvalue weighted by Crippen LogP contribution is -2.48. The van der Waals surface area contributed by atoms with E-state index in [4.69, 9.17) is 0 Å². The van der Waals surface area contributed by atoms with Gasteiger partial charge >= 0.3 is 0 Å². The fraction of sp³-hybridized carbons (Fsp3) is 0.450. The predicted molar refractivity (Wildman–Crippen MR) is 103 cm³/mol. The van der Waals surface area contributed by atoms with E-state index in [1.165, 1.54) is 21.0 Å². The number of nitrogens with zero attached hydrogens (tertiary/aromatic N) is 3. The van der Waals surface area contributed by atoms with E-state index in [1.54, 1.807) is 0 Å². The Labute approximate surface area is 149 Å². The van der Waals surface area contributed by atoms with Crippen LogP contribution in [-0.2, 0) is 6.54 Å². The van der Waals surface area contributed by atoms with Gasteiger partial charge in [0.25, 0.3) is 0 Å². The van der Waals surface area contributed by atoms with Crippen molar-refractivity contribution in [3.63, 3.8) is 0 Å². The van der Waals surface area contributed by atoms with Crippen LogP contribution in [0.4, 0.5) is 0 Å². The molecule has 0 amide bonds. The van der Waals surface area contributed by atoms with Crippen LogP contribution in [0.5, 0.6) is 0 Å². The summed E-state index contributed by atoms with van der Waals surface area (Å²) in [5.74, 6) is 0.620. The topological polar surface area (TPSA) is 19.4 Å². The fourth-order valence-electron chi connectivity index (χ4n) is 2.88. The molecule has 0 aliphatic carbocycles. The average molecular weight is 342 g/mol. The number of benzene rings is 1. The quantitative estimate of drug-likeness (QED) is 0.766. The Balaban J connectivity index is 1.64. The summed E-state index contributed by atoms with van der Waals surface area (Å²) in [6, 6.07) is 9.47. The van der Waals surface area contributed by atoms with Gasteiger partial charge < -0.3 is 4.90 Å². The SMILES string of the molecule is C=C(C)N(C)Cc1ccc(-c2cnc(C3CN(C(C)C)C3)s2)cc1. The number of hydrogen-bond acceptors (Lipinski definition) is 4. The van der Waals surface area contributed by atoms with Crippen LogP contribution >= 0.6 is 11.3 Å². The van der Waals surface area contributed by atoms with Crippen molar-refractivity contribution in [2.75, 3.05) is 20.1 Å². The second kappa shape index (κ2) is 7.08. The Morgan fingerprint density at radius 1 is 1.33 bits per heavy atom. The maximum Gasteiger partial charge on any atom is 0.0987 e. The summed E-state index contributed by atoms with van der Waals surface area (Å²) >= 11 is 1.85. The van der Waals surface area contributed by atoms with Crippen molar-refractivity contribution in [1.82, 2.24) is 14.8 Å². The smallest absolute Gasteiger partial charge is 0.0987 e. The molecule has 24 heavy (non-hydrogen) atoms. The average Bonchev–Trinajstić information content (AvgIpc) is 2.95. The highest BCUT2D eigenvalue weighted by molar-refractivity contribution is 7.15. The van der Waals surface area contributed by atoms with Crippen LogP contribution in [0.1, 0.15) is 37.3 Å². The predicted octanol–water partition coefficient (Wildman–Crippen LogP) is 4.58. The van der Waals surface area contributed by atoms with E-state index in [2.05, 4.69) is 66.5 Å². The van der Waals surface area contributed by atoms with Crippen molar-refractivity contribution >= 4 is 11.3 Å². The molecule has 1 saturated heterocycles. The number of aromatic nitrogens is 1. The third-order valence-corrected chi connectivity index (χ3v) is 6.03. The van der Waals surface area contributed by atoms with E-state index < -0.39 is 0 Å². The first-order valence-electron chi connectivity index (χ1n) is 8.59. The molecule has 1 aliphatic heterocycles. The van der Waals surface area contributed by atoms with E-state index in [9.17, 15) is 0 Å². The number of likely N-dealkylation sites (tertiary alicyclic amines) is 1. The number of rotatable bonds is 6. The number of thiazole rings is 1. The second-order valence-corrected chi connectivity index (χ2v) is 8.16.